The Kier molecular flexibility index (Phi) is 7.77. The van der Waals surface area contributed by atoms with Gasteiger partial charge in [-0.1, -0.05) is 29.3 Å². The average molecular weight is 468 g/mol. The van der Waals surface area contributed by atoms with Gasteiger partial charge >= 0.3 is 0 Å². The van der Waals surface area contributed by atoms with Gasteiger partial charge in [0.1, 0.15) is 0 Å². The highest BCUT2D eigenvalue weighted by molar-refractivity contribution is 7.08. The lowest BCUT2D eigenvalue weighted by Gasteiger charge is -2.35. The zero-order valence-corrected chi connectivity index (χ0v) is 20.0. The van der Waals surface area contributed by atoms with Crippen molar-refractivity contribution < 1.29 is 5.11 Å². The second kappa shape index (κ2) is 10.3. The number of nitrogens with zero attached hydrogens (tertiary/aromatic N) is 2. The van der Waals surface area contributed by atoms with Gasteiger partial charge < -0.3 is 10.0 Å². The third kappa shape index (κ3) is 5.79. The standard InChI is InChI=1S/C24H32Cl2N2OS/c1-17(29)10-18-4-7-27(8-5-18)13-21-14-28(15-23(21)20-6-9-30-16-20)12-19-2-3-22(25)11-24(19)26/h2-3,6,9,11,16-18,21,23,29H,4-5,7-8,10,12-15H2,1H3. The number of thiophene rings is 1. The molecule has 1 N–H and O–H groups in total. The third-order valence-corrected chi connectivity index (χ3v) is 8.06. The molecule has 3 atom stereocenters. The average Bonchev–Trinajstić information content (AvgIpc) is 3.35. The summed E-state index contributed by atoms with van der Waals surface area (Å²) >= 11 is 14.3. The Morgan fingerprint density at radius 2 is 1.93 bits per heavy atom. The monoisotopic (exact) mass is 466 g/mol. The molecule has 6 heteroatoms. The summed E-state index contributed by atoms with van der Waals surface area (Å²) in [5.41, 5.74) is 2.64. The summed E-state index contributed by atoms with van der Waals surface area (Å²) in [6.07, 6.45) is 3.20. The van der Waals surface area contributed by atoms with Crippen LogP contribution < -0.4 is 0 Å². The molecule has 0 radical (unpaired) electrons. The number of halogens is 2. The fraction of sp³-hybridized carbons (Fsp3) is 0.583. The van der Waals surface area contributed by atoms with Crippen molar-refractivity contribution >= 4 is 34.5 Å². The molecule has 2 aromatic rings. The molecule has 0 amide bonds. The van der Waals surface area contributed by atoms with Crippen LogP contribution in [0.4, 0.5) is 0 Å². The van der Waals surface area contributed by atoms with E-state index in [-0.39, 0.29) is 6.10 Å². The molecular weight excluding hydrogens is 435 g/mol. The quantitative estimate of drug-likeness (QED) is 0.562. The second-order valence-electron chi connectivity index (χ2n) is 9.18. The number of rotatable bonds is 7. The lowest BCUT2D eigenvalue weighted by atomic mass is 9.88. The van der Waals surface area contributed by atoms with Gasteiger partial charge in [-0.15, -0.1) is 0 Å². The van der Waals surface area contributed by atoms with Crippen LogP contribution in [-0.4, -0.2) is 53.7 Å². The molecule has 3 unspecified atom stereocenters. The normalized spacial score (nSPS) is 25.1. The van der Waals surface area contributed by atoms with Crippen molar-refractivity contribution in [2.75, 3.05) is 32.7 Å². The molecule has 0 bridgehead atoms. The molecule has 1 aromatic carbocycles. The number of aliphatic hydroxyl groups excluding tert-OH is 1. The Bertz CT molecular complexity index is 806. The van der Waals surface area contributed by atoms with Gasteiger partial charge in [0.25, 0.3) is 0 Å². The predicted molar refractivity (Wildman–Crippen MR) is 128 cm³/mol. The van der Waals surface area contributed by atoms with E-state index in [4.69, 9.17) is 23.2 Å². The lowest BCUT2D eigenvalue weighted by Crippen LogP contribution is -2.39. The van der Waals surface area contributed by atoms with Crippen LogP contribution in [0.5, 0.6) is 0 Å². The van der Waals surface area contributed by atoms with E-state index in [1.807, 2.05) is 19.1 Å². The van der Waals surface area contributed by atoms with Gasteiger partial charge in [-0.2, -0.15) is 11.3 Å². The zero-order chi connectivity index (χ0) is 21.1. The van der Waals surface area contributed by atoms with E-state index in [9.17, 15) is 5.11 Å². The van der Waals surface area contributed by atoms with Crippen LogP contribution in [0, 0.1) is 11.8 Å². The Morgan fingerprint density at radius 1 is 1.13 bits per heavy atom. The molecule has 30 heavy (non-hydrogen) atoms. The van der Waals surface area contributed by atoms with Gasteiger partial charge in [-0.05, 0) is 91.2 Å². The third-order valence-electron chi connectivity index (χ3n) is 6.77. The van der Waals surface area contributed by atoms with Crippen molar-refractivity contribution in [3.8, 4) is 0 Å². The van der Waals surface area contributed by atoms with Crippen molar-refractivity contribution in [3.63, 3.8) is 0 Å². The fourth-order valence-electron chi connectivity index (χ4n) is 5.25. The minimum atomic E-state index is -0.174. The van der Waals surface area contributed by atoms with Crippen LogP contribution in [0.1, 0.15) is 43.2 Å². The highest BCUT2D eigenvalue weighted by atomic mass is 35.5. The van der Waals surface area contributed by atoms with Gasteiger partial charge in [-0.3, -0.25) is 4.90 Å². The van der Waals surface area contributed by atoms with Crippen LogP contribution in [0.3, 0.4) is 0 Å². The zero-order valence-electron chi connectivity index (χ0n) is 17.6. The summed E-state index contributed by atoms with van der Waals surface area (Å²) < 4.78 is 0. The van der Waals surface area contributed by atoms with E-state index < -0.39 is 0 Å². The molecule has 3 nitrogen and oxygen atoms in total. The number of piperidine rings is 1. The number of benzene rings is 1. The fourth-order valence-corrected chi connectivity index (χ4v) is 6.44. The highest BCUT2D eigenvalue weighted by Gasteiger charge is 2.36. The number of aliphatic hydroxyl groups is 1. The smallest absolute Gasteiger partial charge is 0.0514 e. The molecule has 164 valence electrons. The van der Waals surface area contributed by atoms with E-state index in [0.29, 0.717) is 22.8 Å². The molecule has 2 aliphatic rings. The summed E-state index contributed by atoms with van der Waals surface area (Å²) in [6.45, 7) is 8.46. The van der Waals surface area contributed by atoms with Crippen LogP contribution in [-0.2, 0) is 6.54 Å². The second-order valence-corrected chi connectivity index (χ2v) is 10.8. The Labute approximate surface area is 194 Å². The van der Waals surface area contributed by atoms with E-state index >= 15 is 0 Å². The minimum Gasteiger partial charge on any atom is -0.393 e. The first-order chi connectivity index (χ1) is 14.5. The van der Waals surface area contributed by atoms with Crippen LogP contribution in [0.25, 0.3) is 0 Å². The van der Waals surface area contributed by atoms with Gasteiger partial charge in [0.05, 0.1) is 6.10 Å². The maximum Gasteiger partial charge on any atom is 0.0514 e. The van der Waals surface area contributed by atoms with Crippen molar-refractivity contribution in [2.45, 2.75) is 44.8 Å². The first kappa shape index (κ1) is 22.6. The Morgan fingerprint density at radius 3 is 2.60 bits per heavy atom. The van der Waals surface area contributed by atoms with E-state index in [2.05, 4.69) is 32.7 Å². The SMILES string of the molecule is CC(O)CC1CCN(CC2CN(Cc3ccc(Cl)cc3Cl)CC2c2ccsc2)CC1. The Balaban J connectivity index is 1.39. The molecule has 2 saturated heterocycles. The summed E-state index contributed by atoms with van der Waals surface area (Å²) in [5, 5.41) is 15.7. The van der Waals surface area contributed by atoms with Crippen molar-refractivity contribution in [1.82, 2.24) is 9.80 Å². The number of hydrogen-bond donors (Lipinski definition) is 1. The first-order valence-corrected chi connectivity index (χ1v) is 12.8. The molecule has 2 fully saturated rings. The topological polar surface area (TPSA) is 26.7 Å². The maximum absolute atomic E-state index is 9.69. The molecule has 0 spiro atoms. The van der Waals surface area contributed by atoms with Crippen LogP contribution in [0.2, 0.25) is 10.0 Å². The van der Waals surface area contributed by atoms with E-state index in [0.717, 1.165) is 56.3 Å². The van der Waals surface area contributed by atoms with Crippen LogP contribution in [0.15, 0.2) is 35.0 Å². The van der Waals surface area contributed by atoms with E-state index in [1.54, 1.807) is 11.3 Å². The molecule has 2 aliphatic heterocycles. The van der Waals surface area contributed by atoms with Crippen molar-refractivity contribution in [1.29, 1.82) is 0 Å². The summed E-state index contributed by atoms with van der Waals surface area (Å²) in [4.78, 5) is 5.21. The van der Waals surface area contributed by atoms with Crippen molar-refractivity contribution in [3.05, 3.63) is 56.2 Å². The summed E-state index contributed by atoms with van der Waals surface area (Å²) in [6, 6.07) is 8.14. The van der Waals surface area contributed by atoms with Gasteiger partial charge in [0.2, 0.25) is 0 Å². The first-order valence-electron chi connectivity index (χ1n) is 11.1. The Hall–Kier alpha value is -0.620. The summed E-state index contributed by atoms with van der Waals surface area (Å²) in [5.74, 6) is 1.90. The lowest BCUT2D eigenvalue weighted by molar-refractivity contribution is 0.110. The number of hydrogen-bond acceptors (Lipinski definition) is 4. The molecule has 3 heterocycles. The molecule has 1 aromatic heterocycles. The number of likely N-dealkylation sites (tertiary alicyclic amines) is 2. The maximum atomic E-state index is 9.69. The molecule has 4 rings (SSSR count). The van der Waals surface area contributed by atoms with Gasteiger partial charge in [-0.25, -0.2) is 0 Å². The highest BCUT2D eigenvalue weighted by Crippen LogP contribution is 2.36. The summed E-state index contributed by atoms with van der Waals surface area (Å²) in [7, 11) is 0. The van der Waals surface area contributed by atoms with Crippen molar-refractivity contribution in [2.24, 2.45) is 11.8 Å². The van der Waals surface area contributed by atoms with Gasteiger partial charge in [0.15, 0.2) is 0 Å². The molecular formula is C24H32Cl2N2OS. The molecule has 0 aliphatic carbocycles. The van der Waals surface area contributed by atoms with E-state index in [1.165, 1.54) is 18.4 Å². The van der Waals surface area contributed by atoms with Crippen LogP contribution >= 0.6 is 34.5 Å². The predicted octanol–water partition coefficient (Wildman–Crippen LogP) is 5.75. The minimum absolute atomic E-state index is 0.174. The van der Waals surface area contributed by atoms with Gasteiger partial charge in [0, 0.05) is 42.1 Å². The largest absolute Gasteiger partial charge is 0.393 e. The molecule has 0 saturated carbocycles.